The highest BCUT2D eigenvalue weighted by Gasteiger charge is 2.38. The average molecular weight is 1070 g/mol. The fourth-order valence-corrected chi connectivity index (χ4v) is 13.4. The SMILES string of the molecule is NC1CCC(CCNC(=O)CNC(=O)C(CC2CCC(N)CC2)NC(=O)C(CC2CCC(N)CC2)NC(=O)C(CC2CCC(N)CC2)NC(=O)C(CC2CCC(N)CC2)NC(=O)C(CC2CCC(N)CC2)NC=O)CC1. The summed E-state index contributed by atoms with van der Waals surface area (Å²) >= 11 is 0. The lowest BCUT2D eigenvalue weighted by molar-refractivity contribution is -0.136. The predicted molar refractivity (Wildman–Crippen MR) is 294 cm³/mol. The third kappa shape index (κ3) is 21.0. The normalized spacial score (nSPS) is 32.1. The van der Waals surface area contributed by atoms with Gasteiger partial charge in [-0.25, -0.2) is 0 Å². The molecule has 76 heavy (non-hydrogen) atoms. The van der Waals surface area contributed by atoms with Crippen molar-refractivity contribution in [1.29, 1.82) is 0 Å². The van der Waals surface area contributed by atoms with Crippen LogP contribution >= 0.6 is 0 Å². The fraction of sp³-hybridized carbons (Fsp3) is 0.875. The molecule has 6 aliphatic rings. The number of hydrogen-bond acceptors (Lipinski definition) is 13. The van der Waals surface area contributed by atoms with E-state index in [1.165, 1.54) is 0 Å². The van der Waals surface area contributed by atoms with E-state index in [2.05, 4.69) is 37.2 Å². The van der Waals surface area contributed by atoms with Gasteiger partial charge in [-0.15, -0.1) is 0 Å². The summed E-state index contributed by atoms with van der Waals surface area (Å²) in [6.45, 7) is 0.257. The second-order valence-electron chi connectivity index (χ2n) is 24.8. The topological polar surface area (TPSA) is 360 Å². The molecule has 0 aromatic heterocycles. The van der Waals surface area contributed by atoms with E-state index in [-0.39, 0.29) is 78.3 Å². The first-order valence-corrected chi connectivity index (χ1v) is 30.0. The number of rotatable bonds is 26. The molecule has 20 heteroatoms. The van der Waals surface area contributed by atoms with Gasteiger partial charge in [-0.1, -0.05) is 0 Å². The van der Waals surface area contributed by atoms with Gasteiger partial charge < -0.3 is 71.6 Å². The van der Waals surface area contributed by atoms with E-state index in [1.54, 1.807) is 0 Å². The molecule has 0 aromatic carbocycles. The van der Waals surface area contributed by atoms with Gasteiger partial charge >= 0.3 is 0 Å². The highest BCUT2D eigenvalue weighted by Crippen LogP contribution is 2.33. The van der Waals surface area contributed by atoms with Crippen molar-refractivity contribution in [2.75, 3.05) is 13.1 Å². The largest absolute Gasteiger partial charge is 0.355 e. The third-order valence-electron chi connectivity index (χ3n) is 18.6. The minimum atomic E-state index is -1.07. The summed E-state index contributed by atoms with van der Waals surface area (Å²) in [6, 6.07) is -4.39. The van der Waals surface area contributed by atoms with Gasteiger partial charge in [-0.2, -0.15) is 0 Å². The monoisotopic (exact) mass is 1070 g/mol. The molecule has 6 fully saturated rings. The molecule has 20 nitrogen and oxygen atoms in total. The van der Waals surface area contributed by atoms with Crippen LogP contribution in [0.2, 0.25) is 0 Å². The minimum Gasteiger partial charge on any atom is -0.355 e. The molecule has 0 aliphatic heterocycles. The Morgan fingerprint density at radius 3 is 0.882 bits per heavy atom. The van der Waals surface area contributed by atoms with Gasteiger partial charge in [-0.05, 0) is 228 Å². The van der Waals surface area contributed by atoms with Gasteiger partial charge in [0.05, 0.1) is 6.54 Å². The lowest BCUT2D eigenvalue weighted by Crippen LogP contribution is -2.60. The van der Waals surface area contributed by atoms with Gasteiger partial charge in [0.1, 0.15) is 30.2 Å². The number of nitrogens with one attached hydrogen (secondary N) is 7. The maximum absolute atomic E-state index is 15.0. The molecule has 6 saturated carbocycles. The number of carbonyl (C=O) groups excluding carboxylic acids is 7. The molecular formula is C56H101N13O7. The molecule has 432 valence electrons. The van der Waals surface area contributed by atoms with E-state index in [1.807, 2.05) is 0 Å². The van der Waals surface area contributed by atoms with Crippen molar-refractivity contribution < 1.29 is 33.6 Å². The van der Waals surface area contributed by atoms with E-state index in [0.717, 1.165) is 161 Å². The van der Waals surface area contributed by atoms with Crippen LogP contribution in [0.15, 0.2) is 0 Å². The Kier molecular flexibility index (Phi) is 25.5. The van der Waals surface area contributed by atoms with Gasteiger partial charge in [0, 0.05) is 42.8 Å². The smallest absolute Gasteiger partial charge is 0.243 e. The van der Waals surface area contributed by atoms with Gasteiger partial charge in [-0.3, -0.25) is 33.6 Å². The van der Waals surface area contributed by atoms with Crippen LogP contribution in [0.5, 0.6) is 0 Å². The molecule has 0 spiro atoms. The number of carbonyl (C=O) groups is 7. The summed E-state index contributed by atoms with van der Waals surface area (Å²) in [7, 11) is 0. The maximum Gasteiger partial charge on any atom is 0.243 e. The van der Waals surface area contributed by atoms with E-state index in [9.17, 15) is 28.8 Å². The highest BCUT2D eigenvalue weighted by atomic mass is 16.2. The van der Waals surface area contributed by atoms with Crippen molar-refractivity contribution in [2.24, 2.45) is 69.9 Å². The highest BCUT2D eigenvalue weighted by molar-refractivity contribution is 5.96. The molecule has 5 atom stereocenters. The summed E-state index contributed by atoms with van der Waals surface area (Å²) in [5.41, 5.74) is 37.5. The number of nitrogens with two attached hydrogens (primary N) is 6. The van der Waals surface area contributed by atoms with Crippen molar-refractivity contribution in [3.63, 3.8) is 0 Å². The van der Waals surface area contributed by atoms with Gasteiger partial charge in [0.25, 0.3) is 0 Å². The van der Waals surface area contributed by atoms with Crippen molar-refractivity contribution in [2.45, 2.75) is 259 Å². The summed E-state index contributed by atoms with van der Waals surface area (Å²) in [4.78, 5) is 98.0. The Bertz CT molecular complexity index is 1820. The molecule has 7 amide bonds. The average Bonchev–Trinajstić information content (AvgIpc) is 3.40. The van der Waals surface area contributed by atoms with Crippen molar-refractivity contribution >= 4 is 41.9 Å². The van der Waals surface area contributed by atoms with Crippen LogP contribution in [-0.4, -0.2) is 121 Å². The van der Waals surface area contributed by atoms with Crippen LogP contribution in [0.25, 0.3) is 0 Å². The third-order valence-corrected chi connectivity index (χ3v) is 18.6. The van der Waals surface area contributed by atoms with Crippen molar-refractivity contribution in [3.05, 3.63) is 0 Å². The van der Waals surface area contributed by atoms with E-state index in [4.69, 9.17) is 34.4 Å². The zero-order valence-corrected chi connectivity index (χ0v) is 45.8. The van der Waals surface area contributed by atoms with Crippen LogP contribution in [0.4, 0.5) is 0 Å². The second-order valence-corrected chi connectivity index (χ2v) is 24.8. The summed E-state index contributed by atoms with van der Waals surface area (Å²) in [6.07, 6.45) is 23.0. The molecule has 0 heterocycles. The predicted octanol–water partition coefficient (Wildman–Crippen LogP) is 1.72. The molecule has 0 bridgehead atoms. The Balaban J connectivity index is 1.19. The quantitative estimate of drug-likeness (QED) is 0.0550. The number of hydrogen-bond donors (Lipinski definition) is 13. The molecule has 0 saturated heterocycles. The lowest BCUT2D eigenvalue weighted by Gasteiger charge is -2.34. The maximum atomic E-state index is 15.0. The molecule has 0 radical (unpaired) electrons. The molecule has 6 aliphatic carbocycles. The number of amides is 7. The zero-order chi connectivity index (χ0) is 54.6. The van der Waals surface area contributed by atoms with Crippen molar-refractivity contribution in [3.8, 4) is 0 Å². The second kappa shape index (κ2) is 31.6. The van der Waals surface area contributed by atoms with Crippen LogP contribution < -0.4 is 71.6 Å². The molecule has 0 aromatic rings. The van der Waals surface area contributed by atoms with E-state index >= 15 is 4.79 Å². The molecule has 19 N–H and O–H groups in total. The zero-order valence-electron chi connectivity index (χ0n) is 45.8. The lowest BCUT2D eigenvalue weighted by atomic mass is 9.81. The summed E-state index contributed by atoms with van der Waals surface area (Å²) < 4.78 is 0. The first-order valence-electron chi connectivity index (χ1n) is 30.0. The Morgan fingerprint density at radius 2 is 0.592 bits per heavy atom. The van der Waals surface area contributed by atoms with Crippen LogP contribution in [-0.2, 0) is 33.6 Å². The van der Waals surface area contributed by atoms with Gasteiger partial charge in [0.2, 0.25) is 41.9 Å². The van der Waals surface area contributed by atoms with Gasteiger partial charge in [0.15, 0.2) is 0 Å². The van der Waals surface area contributed by atoms with E-state index < -0.39 is 59.7 Å². The van der Waals surface area contributed by atoms with Crippen LogP contribution in [0.3, 0.4) is 0 Å². The summed E-state index contributed by atoms with van der Waals surface area (Å²) in [5, 5.41) is 20.7. The minimum absolute atomic E-state index is 0.0488. The Labute approximate surface area is 453 Å². The standard InChI is InChI=1S/C56H101N13O7/c57-40-13-1-34(2-14-40)25-26-63-51(71)32-64-52(72)47(28-36-5-17-42(59)18-6-36)66-54(74)49(30-38-9-21-44(61)22-10-38)68-56(76)50(31-39-11-23-45(62)24-12-39)69-55(75)48(29-37-7-19-43(60)20-8-37)67-53(73)46(65-33-70)27-35-3-15-41(58)16-4-35/h33-50H,1-32,57-62H2,(H,63,71)(H,64,72)(H,65,70)(H,66,74)(H,67,73)(H,68,76)(H,69,75). The first kappa shape index (κ1) is 61.3. The summed E-state index contributed by atoms with van der Waals surface area (Å²) in [5.74, 6) is -1.80. The van der Waals surface area contributed by atoms with Crippen LogP contribution in [0.1, 0.15) is 193 Å². The molecular weight excluding hydrogens is 967 g/mol. The Morgan fingerprint density at radius 1 is 0.342 bits per heavy atom. The Hall–Kier alpha value is -3.95. The fourth-order valence-electron chi connectivity index (χ4n) is 13.4. The van der Waals surface area contributed by atoms with Crippen molar-refractivity contribution in [1.82, 2.24) is 37.2 Å². The first-order chi connectivity index (χ1) is 36.5. The van der Waals surface area contributed by atoms with Crippen LogP contribution in [0, 0.1) is 35.5 Å². The van der Waals surface area contributed by atoms with E-state index in [0.29, 0.717) is 51.0 Å². The molecule has 6 rings (SSSR count). The molecule has 5 unspecified atom stereocenters.